The smallest absolute Gasteiger partial charge is 0.321 e. The summed E-state index contributed by atoms with van der Waals surface area (Å²) in [6.07, 6.45) is 3.61. The first-order valence-electron chi connectivity index (χ1n) is 9.14. The van der Waals surface area contributed by atoms with E-state index in [0.29, 0.717) is 6.04 Å². The van der Waals surface area contributed by atoms with E-state index in [0.717, 1.165) is 58.6 Å². The standard InChI is InChI=1S/C20H22BrN5O/c1-13-12-15(5-6-17(13)21)24-20(27)25-10-7-16(8-11-25)26-14(2)23-18-4-3-9-22-19(18)26/h3-6,9,12,16H,7-8,10-11H2,1-2H3,(H,24,27). The van der Waals surface area contributed by atoms with E-state index in [4.69, 9.17) is 0 Å². The van der Waals surface area contributed by atoms with Gasteiger partial charge in [0.05, 0.1) is 0 Å². The summed E-state index contributed by atoms with van der Waals surface area (Å²) in [5.74, 6) is 0.983. The second kappa shape index (κ2) is 7.31. The number of piperidine rings is 1. The molecule has 3 heterocycles. The van der Waals surface area contributed by atoms with Gasteiger partial charge >= 0.3 is 6.03 Å². The van der Waals surface area contributed by atoms with Gasteiger partial charge < -0.3 is 14.8 Å². The molecule has 1 aliphatic heterocycles. The van der Waals surface area contributed by atoms with E-state index in [1.54, 1.807) is 0 Å². The van der Waals surface area contributed by atoms with Gasteiger partial charge in [-0.3, -0.25) is 0 Å². The van der Waals surface area contributed by atoms with Gasteiger partial charge in [-0.05, 0) is 62.6 Å². The van der Waals surface area contributed by atoms with Crippen molar-refractivity contribution in [1.82, 2.24) is 19.4 Å². The minimum absolute atomic E-state index is 0.0412. The average molecular weight is 428 g/mol. The number of halogens is 1. The lowest BCUT2D eigenvalue weighted by molar-refractivity contribution is 0.184. The highest BCUT2D eigenvalue weighted by Gasteiger charge is 2.26. The van der Waals surface area contributed by atoms with Crippen LogP contribution in [-0.2, 0) is 0 Å². The molecule has 7 heteroatoms. The summed E-state index contributed by atoms with van der Waals surface area (Å²) >= 11 is 3.48. The molecule has 0 atom stereocenters. The van der Waals surface area contributed by atoms with E-state index in [9.17, 15) is 4.79 Å². The first-order valence-corrected chi connectivity index (χ1v) is 9.94. The van der Waals surface area contributed by atoms with Crippen LogP contribution in [0.25, 0.3) is 11.2 Å². The normalized spacial score (nSPS) is 15.3. The SMILES string of the molecule is Cc1cc(NC(=O)N2CCC(n3c(C)nc4cccnc43)CC2)ccc1Br. The predicted octanol–water partition coefficient (Wildman–Crippen LogP) is 4.68. The van der Waals surface area contributed by atoms with Crippen LogP contribution in [0.4, 0.5) is 10.5 Å². The number of likely N-dealkylation sites (tertiary alicyclic amines) is 1. The number of rotatable bonds is 2. The van der Waals surface area contributed by atoms with Crippen LogP contribution >= 0.6 is 15.9 Å². The van der Waals surface area contributed by atoms with Gasteiger partial charge in [-0.1, -0.05) is 15.9 Å². The number of anilines is 1. The van der Waals surface area contributed by atoms with E-state index in [1.807, 2.05) is 55.3 Å². The molecule has 0 bridgehead atoms. The third-order valence-electron chi connectivity index (χ3n) is 5.15. The van der Waals surface area contributed by atoms with Crippen molar-refractivity contribution in [2.24, 2.45) is 0 Å². The predicted molar refractivity (Wildman–Crippen MR) is 110 cm³/mol. The number of benzene rings is 1. The largest absolute Gasteiger partial charge is 0.324 e. The molecule has 4 rings (SSSR count). The van der Waals surface area contributed by atoms with Crippen molar-refractivity contribution in [2.75, 3.05) is 18.4 Å². The zero-order chi connectivity index (χ0) is 19.0. The summed E-state index contributed by atoms with van der Waals surface area (Å²) in [6.45, 7) is 5.48. The van der Waals surface area contributed by atoms with Crippen molar-refractivity contribution in [1.29, 1.82) is 0 Å². The molecule has 1 aliphatic rings. The highest BCUT2D eigenvalue weighted by atomic mass is 79.9. The second-order valence-electron chi connectivity index (χ2n) is 6.99. The van der Waals surface area contributed by atoms with Crippen LogP contribution in [0.2, 0.25) is 0 Å². The van der Waals surface area contributed by atoms with Crippen LogP contribution in [0.1, 0.15) is 30.3 Å². The highest BCUT2D eigenvalue weighted by molar-refractivity contribution is 9.10. The number of imidazole rings is 1. The van der Waals surface area contributed by atoms with Crippen LogP contribution in [0, 0.1) is 13.8 Å². The van der Waals surface area contributed by atoms with E-state index in [1.165, 1.54) is 0 Å². The van der Waals surface area contributed by atoms with E-state index >= 15 is 0 Å². The molecule has 140 valence electrons. The van der Waals surface area contributed by atoms with Crippen LogP contribution in [0.5, 0.6) is 0 Å². The van der Waals surface area contributed by atoms with Crippen LogP contribution in [0.15, 0.2) is 41.0 Å². The number of pyridine rings is 1. The fourth-order valence-corrected chi connectivity index (χ4v) is 3.98. The van der Waals surface area contributed by atoms with Crippen LogP contribution in [0.3, 0.4) is 0 Å². The number of hydrogen-bond acceptors (Lipinski definition) is 3. The summed E-state index contributed by atoms with van der Waals surface area (Å²) in [4.78, 5) is 23.6. The number of nitrogens with zero attached hydrogens (tertiary/aromatic N) is 4. The van der Waals surface area contributed by atoms with Gasteiger partial charge in [0.15, 0.2) is 5.65 Å². The van der Waals surface area contributed by atoms with Gasteiger partial charge in [-0.2, -0.15) is 0 Å². The quantitative estimate of drug-likeness (QED) is 0.645. The zero-order valence-electron chi connectivity index (χ0n) is 15.4. The Labute approximate surface area is 166 Å². The summed E-state index contributed by atoms with van der Waals surface area (Å²) in [7, 11) is 0. The van der Waals surface area contributed by atoms with Crippen molar-refractivity contribution in [2.45, 2.75) is 32.7 Å². The molecule has 2 aromatic heterocycles. The Kier molecular flexibility index (Phi) is 4.86. The Balaban J connectivity index is 1.43. The fourth-order valence-electron chi connectivity index (χ4n) is 3.73. The molecule has 3 aromatic rings. The minimum atomic E-state index is -0.0412. The summed E-state index contributed by atoms with van der Waals surface area (Å²) in [5.41, 5.74) is 3.79. The molecule has 27 heavy (non-hydrogen) atoms. The Morgan fingerprint density at radius 2 is 2.00 bits per heavy atom. The van der Waals surface area contributed by atoms with Crippen molar-refractivity contribution in [3.05, 3.63) is 52.4 Å². The molecule has 1 fully saturated rings. The molecule has 0 aliphatic carbocycles. The number of aromatic nitrogens is 3. The van der Waals surface area contributed by atoms with Gasteiger partial charge in [-0.15, -0.1) is 0 Å². The van der Waals surface area contributed by atoms with Crippen molar-refractivity contribution < 1.29 is 4.79 Å². The molecule has 6 nitrogen and oxygen atoms in total. The summed E-state index contributed by atoms with van der Waals surface area (Å²) in [6, 6.07) is 10.0. The van der Waals surface area contributed by atoms with Gasteiger partial charge in [0.2, 0.25) is 0 Å². The number of aryl methyl sites for hydroxylation is 2. The number of fused-ring (bicyclic) bond motifs is 1. The second-order valence-corrected chi connectivity index (χ2v) is 7.84. The number of carbonyl (C=O) groups is 1. The molecular formula is C20H22BrN5O. The summed E-state index contributed by atoms with van der Waals surface area (Å²) in [5, 5.41) is 3.00. The maximum Gasteiger partial charge on any atom is 0.321 e. The molecule has 2 amide bonds. The average Bonchev–Trinajstić information content (AvgIpc) is 3.00. The maximum atomic E-state index is 12.6. The highest BCUT2D eigenvalue weighted by Crippen LogP contribution is 2.28. The van der Waals surface area contributed by atoms with Gasteiger partial charge in [0, 0.05) is 35.5 Å². The first kappa shape index (κ1) is 18.0. The Morgan fingerprint density at radius 1 is 1.22 bits per heavy atom. The molecule has 1 N–H and O–H groups in total. The van der Waals surface area contributed by atoms with Crippen molar-refractivity contribution >= 4 is 38.8 Å². The number of amides is 2. The molecule has 0 unspecified atom stereocenters. The van der Waals surface area contributed by atoms with Gasteiger partial charge in [0.25, 0.3) is 0 Å². The number of carbonyl (C=O) groups excluding carboxylic acids is 1. The Bertz CT molecular complexity index is 991. The zero-order valence-corrected chi connectivity index (χ0v) is 17.0. The minimum Gasteiger partial charge on any atom is -0.324 e. The maximum absolute atomic E-state index is 12.6. The van der Waals surface area contributed by atoms with E-state index in [-0.39, 0.29) is 6.03 Å². The lowest BCUT2D eigenvalue weighted by Gasteiger charge is -2.33. The molecule has 1 saturated heterocycles. The van der Waals surface area contributed by atoms with Crippen molar-refractivity contribution in [3.63, 3.8) is 0 Å². The van der Waals surface area contributed by atoms with Crippen molar-refractivity contribution in [3.8, 4) is 0 Å². The Morgan fingerprint density at radius 3 is 2.74 bits per heavy atom. The van der Waals surface area contributed by atoms with Gasteiger partial charge in [0.1, 0.15) is 11.3 Å². The van der Waals surface area contributed by atoms with Gasteiger partial charge in [-0.25, -0.2) is 14.8 Å². The Hall–Kier alpha value is -2.41. The van der Waals surface area contributed by atoms with Crippen LogP contribution < -0.4 is 5.32 Å². The topological polar surface area (TPSA) is 63.1 Å². The molecule has 0 spiro atoms. The number of urea groups is 1. The molecule has 1 aromatic carbocycles. The lowest BCUT2D eigenvalue weighted by Crippen LogP contribution is -2.41. The third-order valence-corrected chi connectivity index (χ3v) is 6.04. The number of nitrogens with one attached hydrogen (secondary N) is 1. The monoisotopic (exact) mass is 427 g/mol. The molecule has 0 radical (unpaired) electrons. The lowest BCUT2D eigenvalue weighted by atomic mass is 10.0. The van der Waals surface area contributed by atoms with Crippen LogP contribution in [-0.4, -0.2) is 38.6 Å². The van der Waals surface area contributed by atoms with E-state index in [2.05, 4.69) is 35.8 Å². The fraction of sp³-hybridized carbons (Fsp3) is 0.350. The number of hydrogen-bond donors (Lipinski definition) is 1. The first-order chi connectivity index (χ1) is 13.0. The molecular weight excluding hydrogens is 406 g/mol. The third kappa shape index (κ3) is 3.56. The van der Waals surface area contributed by atoms with E-state index < -0.39 is 0 Å². The summed E-state index contributed by atoms with van der Waals surface area (Å²) < 4.78 is 3.26. The molecule has 0 saturated carbocycles.